The van der Waals surface area contributed by atoms with Gasteiger partial charge >= 0.3 is 0 Å². The molecular weight excluding hydrogens is 179 g/mol. The first kappa shape index (κ1) is 9.66. The summed E-state index contributed by atoms with van der Waals surface area (Å²) in [5.41, 5.74) is 2.95. The van der Waals surface area contributed by atoms with Crippen LogP contribution in [0.3, 0.4) is 0 Å². The fraction of sp³-hybridized carbons (Fsp3) is 0.500. The van der Waals surface area contributed by atoms with Gasteiger partial charge in [-0.15, -0.1) is 0 Å². The summed E-state index contributed by atoms with van der Waals surface area (Å²) in [6, 6.07) is 5.85. The van der Waals surface area contributed by atoms with Crippen molar-refractivity contribution in [2.45, 2.75) is 38.5 Å². The van der Waals surface area contributed by atoms with E-state index in [1.165, 1.54) is 5.56 Å². The van der Waals surface area contributed by atoms with Crippen molar-refractivity contribution in [1.29, 1.82) is 0 Å². The third kappa shape index (κ3) is 1.44. The molecule has 1 nitrogen and oxygen atoms in total. The second-order valence-electron chi connectivity index (χ2n) is 4.28. The third-order valence-corrected chi connectivity index (χ3v) is 2.91. The SMILES string of the molecule is CC(C)c1ccc2c(c1)CC(F)C2O. The molecule has 14 heavy (non-hydrogen) atoms. The standard InChI is InChI=1S/C12H15FO/c1-7(2)8-3-4-10-9(5-8)6-11(13)12(10)14/h3-5,7,11-12,14H,6H2,1-2H3. The van der Waals surface area contributed by atoms with Gasteiger partial charge in [0, 0.05) is 6.42 Å². The number of halogens is 1. The van der Waals surface area contributed by atoms with Crippen molar-refractivity contribution in [3.8, 4) is 0 Å². The third-order valence-electron chi connectivity index (χ3n) is 2.91. The molecule has 0 bridgehead atoms. The van der Waals surface area contributed by atoms with E-state index in [9.17, 15) is 9.50 Å². The molecule has 0 heterocycles. The highest BCUT2D eigenvalue weighted by Gasteiger charge is 2.30. The molecule has 2 heteroatoms. The number of aliphatic hydroxyl groups excluding tert-OH is 1. The molecule has 0 aliphatic heterocycles. The molecule has 76 valence electrons. The Labute approximate surface area is 83.6 Å². The largest absolute Gasteiger partial charge is 0.385 e. The van der Waals surface area contributed by atoms with Crippen LogP contribution in [0.15, 0.2) is 18.2 Å². The second kappa shape index (κ2) is 3.35. The van der Waals surface area contributed by atoms with Crippen molar-refractivity contribution < 1.29 is 9.50 Å². The van der Waals surface area contributed by atoms with Crippen LogP contribution in [-0.4, -0.2) is 11.3 Å². The topological polar surface area (TPSA) is 20.2 Å². The van der Waals surface area contributed by atoms with Gasteiger partial charge in [0.15, 0.2) is 0 Å². The lowest BCUT2D eigenvalue weighted by atomic mass is 9.98. The van der Waals surface area contributed by atoms with Gasteiger partial charge in [0.2, 0.25) is 0 Å². The summed E-state index contributed by atoms with van der Waals surface area (Å²) >= 11 is 0. The van der Waals surface area contributed by atoms with Crippen molar-refractivity contribution in [1.82, 2.24) is 0 Å². The van der Waals surface area contributed by atoms with Crippen LogP contribution < -0.4 is 0 Å². The van der Waals surface area contributed by atoms with E-state index in [-0.39, 0.29) is 0 Å². The van der Waals surface area contributed by atoms with E-state index < -0.39 is 12.3 Å². The van der Waals surface area contributed by atoms with Gasteiger partial charge in [-0.1, -0.05) is 32.0 Å². The van der Waals surface area contributed by atoms with Gasteiger partial charge in [-0.25, -0.2) is 4.39 Å². The van der Waals surface area contributed by atoms with Gasteiger partial charge in [-0.05, 0) is 22.6 Å². The lowest BCUT2D eigenvalue weighted by molar-refractivity contribution is 0.0926. The molecule has 1 aliphatic rings. The van der Waals surface area contributed by atoms with E-state index in [4.69, 9.17) is 0 Å². The Balaban J connectivity index is 2.39. The van der Waals surface area contributed by atoms with Gasteiger partial charge in [0.1, 0.15) is 12.3 Å². The molecule has 0 radical (unpaired) electrons. The van der Waals surface area contributed by atoms with Crippen LogP contribution in [0.25, 0.3) is 0 Å². The van der Waals surface area contributed by atoms with Crippen LogP contribution >= 0.6 is 0 Å². The zero-order valence-electron chi connectivity index (χ0n) is 8.50. The van der Waals surface area contributed by atoms with Gasteiger partial charge in [-0.2, -0.15) is 0 Å². The van der Waals surface area contributed by atoms with Crippen LogP contribution in [0.2, 0.25) is 0 Å². The van der Waals surface area contributed by atoms with Crippen molar-refractivity contribution in [3.63, 3.8) is 0 Å². The molecular formula is C12H15FO. The molecule has 1 N–H and O–H groups in total. The Bertz CT molecular complexity index is 346. The quantitative estimate of drug-likeness (QED) is 0.728. The maximum absolute atomic E-state index is 13.2. The number of benzene rings is 1. The van der Waals surface area contributed by atoms with Gasteiger partial charge in [-0.3, -0.25) is 0 Å². The molecule has 1 aromatic rings. The van der Waals surface area contributed by atoms with Crippen LogP contribution in [0.5, 0.6) is 0 Å². The van der Waals surface area contributed by atoms with E-state index >= 15 is 0 Å². The summed E-state index contributed by atoms with van der Waals surface area (Å²) in [6.45, 7) is 4.22. The summed E-state index contributed by atoms with van der Waals surface area (Å²) in [6.07, 6.45) is -1.67. The first-order valence-corrected chi connectivity index (χ1v) is 5.04. The highest BCUT2D eigenvalue weighted by atomic mass is 19.1. The van der Waals surface area contributed by atoms with E-state index in [1.807, 2.05) is 18.2 Å². The Morgan fingerprint density at radius 1 is 1.43 bits per heavy atom. The highest BCUT2D eigenvalue weighted by Crippen LogP contribution is 2.34. The molecule has 0 amide bonds. The average molecular weight is 194 g/mol. The first-order chi connectivity index (χ1) is 6.59. The molecule has 1 aliphatic carbocycles. The Morgan fingerprint density at radius 3 is 2.79 bits per heavy atom. The minimum atomic E-state index is -1.12. The Hall–Kier alpha value is -0.890. The summed E-state index contributed by atoms with van der Waals surface area (Å²) in [4.78, 5) is 0. The molecule has 0 aromatic heterocycles. The first-order valence-electron chi connectivity index (χ1n) is 5.04. The summed E-state index contributed by atoms with van der Waals surface area (Å²) in [7, 11) is 0. The number of hydrogen-bond donors (Lipinski definition) is 1. The lowest BCUT2D eigenvalue weighted by Crippen LogP contribution is -2.05. The molecule has 0 saturated carbocycles. The lowest BCUT2D eigenvalue weighted by Gasteiger charge is -2.09. The van der Waals surface area contributed by atoms with E-state index in [1.54, 1.807) is 0 Å². The number of aliphatic hydroxyl groups is 1. The van der Waals surface area contributed by atoms with E-state index in [0.29, 0.717) is 12.3 Å². The van der Waals surface area contributed by atoms with Crippen molar-refractivity contribution >= 4 is 0 Å². The number of fused-ring (bicyclic) bond motifs is 1. The van der Waals surface area contributed by atoms with Crippen LogP contribution in [0, 0.1) is 0 Å². The van der Waals surface area contributed by atoms with Crippen LogP contribution in [0.4, 0.5) is 4.39 Å². The maximum Gasteiger partial charge on any atom is 0.134 e. The number of alkyl halides is 1. The molecule has 2 unspecified atom stereocenters. The maximum atomic E-state index is 13.2. The zero-order valence-corrected chi connectivity index (χ0v) is 8.50. The monoisotopic (exact) mass is 194 g/mol. The molecule has 0 fully saturated rings. The molecule has 2 atom stereocenters. The Morgan fingerprint density at radius 2 is 2.14 bits per heavy atom. The fourth-order valence-electron chi connectivity index (χ4n) is 1.97. The zero-order chi connectivity index (χ0) is 10.3. The minimum Gasteiger partial charge on any atom is -0.385 e. The summed E-state index contributed by atoms with van der Waals surface area (Å²) in [5.74, 6) is 0.455. The van der Waals surface area contributed by atoms with Gasteiger partial charge in [0.05, 0.1) is 0 Å². The predicted octanol–water partition coefficient (Wildman–Crippen LogP) is 2.74. The second-order valence-corrected chi connectivity index (χ2v) is 4.28. The molecule has 2 rings (SSSR count). The number of hydrogen-bond acceptors (Lipinski definition) is 1. The number of rotatable bonds is 1. The fourth-order valence-corrected chi connectivity index (χ4v) is 1.97. The summed E-state index contributed by atoms with van der Waals surface area (Å²) < 4.78 is 13.2. The minimum absolute atomic E-state index is 0.358. The molecule has 0 saturated heterocycles. The van der Waals surface area contributed by atoms with Crippen LogP contribution in [-0.2, 0) is 6.42 Å². The van der Waals surface area contributed by atoms with Crippen molar-refractivity contribution in [2.75, 3.05) is 0 Å². The van der Waals surface area contributed by atoms with E-state index in [0.717, 1.165) is 11.1 Å². The smallest absolute Gasteiger partial charge is 0.134 e. The Kier molecular flexibility index (Phi) is 2.31. The summed E-state index contributed by atoms with van der Waals surface area (Å²) in [5, 5.41) is 9.50. The van der Waals surface area contributed by atoms with Crippen LogP contribution in [0.1, 0.15) is 42.6 Å². The average Bonchev–Trinajstić information content (AvgIpc) is 2.42. The normalized spacial score (nSPS) is 25.5. The van der Waals surface area contributed by atoms with E-state index in [2.05, 4.69) is 13.8 Å². The van der Waals surface area contributed by atoms with Crippen molar-refractivity contribution in [3.05, 3.63) is 34.9 Å². The van der Waals surface area contributed by atoms with Gasteiger partial charge in [0.25, 0.3) is 0 Å². The molecule has 0 spiro atoms. The van der Waals surface area contributed by atoms with Gasteiger partial charge < -0.3 is 5.11 Å². The highest BCUT2D eigenvalue weighted by molar-refractivity contribution is 5.39. The van der Waals surface area contributed by atoms with Crippen molar-refractivity contribution in [2.24, 2.45) is 0 Å². The molecule has 1 aromatic carbocycles. The predicted molar refractivity (Wildman–Crippen MR) is 54.1 cm³/mol.